The maximum Gasteiger partial charge on any atom is 0.338 e. The Labute approximate surface area is 100 Å². The topological polar surface area (TPSA) is 88.7 Å². The molecule has 0 aliphatic rings. The van der Waals surface area contributed by atoms with E-state index in [-0.39, 0.29) is 17.1 Å². The summed E-state index contributed by atoms with van der Waals surface area (Å²) >= 11 is 0. The molecule has 0 unspecified atom stereocenters. The van der Waals surface area contributed by atoms with Gasteiger partial charge < -0.3 is 20.5 Å². The van der Waals surface area contributed by atoms with E-state index in [2.05, 4.69) is 4.98 Å². The van der Waals surface area contributed by atoms with Crippen molar-refractivity contribution in [2.45, 2.75) is 6.42 Å². The molecular weight excluding hydrogens is 222 g/mol. The monoisotopic (exact) mass is 239 g/mol. The highest BCUT2D eigenvalue weighted by Gasteiger charge is 2.10. The molecule has 0 aliphatic heterocycles. The SMILES string of the molecule is CN(C)CCCOc1cc(C(=O)O)c(N)cn1. The van der Waals surface area contributed by atoms with Crippen molar-refractivity contribution >= 4 is 11.7 Å². The number of rotatable bonds is 6. The molecule has 0 bridgehead atoms. The van der Waals surface area contributed by atoms with Gasteiger partial charge in [-0.15, -0.1) is 0 Å². The van der Waals surface area contributed by atoms with Gasteiger partial charge >= 0.3 is 5.97 Å². The number of carbonyl (C=O) groups is 1. The maximum atomic E-state index is 10.8. The molecule has 0 aliphatic carbocycles. The fraction of sp³-hybridized carbons (Fsp3) is 0.455. The minimum absolute atomic E-state index is 0.0163. The first-order valence-electron chi connectivity index (χ1n) is 5.27. The molecule has 1 aromatic heterocycles. The van der Waals surface area contributed by atoms with Crippen molar-refractivity contribution in [3.8, 4) is 5.88 Å². The molecule has 0 aromatic carbocycles. The van der Waals surface area contributed by atoms with Gasteiger partial charge in [0, 0.05) is 12.6 Å². The molecule has 6 nitrogen and oxygen atoms in total. The van der Waals surface area contributed by atoms with E-state index in [4.69, 9.17) is 15.6 Å². The first-order chi connectivity index (χ1) is 8.00. The van der Waals surface area contributed by atoms with E-state index in [9.17, 15) is 4.79 Å². The number of nitrogen functional groups attached to an aromatic ring is 1. The fourth-order valence-corrected chi connectivity index (χ4v) is 1.27. The van der Waals surface area contributed by atoms with Crippen LogP contribution in [0.3, 0.4) is 0 Å². The van der Waals surface area contributed by atoms with E-state index in [1.807, 2.05) is 19.0 Å². The summed E-state index contributed by atoms with van der Waals surface area (Å²) in [6.45, 7) is 1.40. The van der Waals surface area contributed by atoms with E-state index in [0.29, 0.717) is 6.61 Å². The number of hydrogen-bond acceptors (Lipinski definition) is 5. The highest BCUT2D eigenvalue weighted by Crippen LogP contribution is 2.16. The number of aromatic carboxylic acids is 1. The minimum Gasteiger partial charge on any atom is -0.478 e. The number of carboxylic acids is 1. The maximum absolute atomic E-state index is 10.8. The van der Waals surface area contributed by atoms with E-state index in [1.54, 1.807) is 0 Å². The van der Waals surface area contributed by atoms with Gasteiger partial charge in [0.2, 0.25) is 5.88 Å². The Morgan fingerprint density at radius 2 is 2.29 bits per heavy atom. The van der Waals surface area contributed by atoms with Crippen LogP contribution >= 0.6 is 0 Å². The van der Waals surface area contributed by atoms with Crippen molar-refractivity contribution in [3.05, 3.63) is 17.8 Å². The van der Waals surface area contributed by atoms with Crippen molar-refractivity contribution in [3.63, 3.8) is 0 Å². The quantitative estimate of drug-likeness (QED) is 0.710. The average Bonchev–Trinajstić information content (AvgIpc) is 2.25. The third-order valence-corrected chi connectivity index (χ3v) is 2.14. The second-order valence-electron chi connectivity index (χ2n) is 3.92. The molecule has 1 heterocycles. The minimum atomic E-state index is -1.08. The van der Waals surface area contributed by atoms with Crippen LogP contribution in [0.1, 0.15) is 16.8 Å². The lowest BCUT2D eigenvalue weighted by molar-refractivity contribution is 0.0697. The molecule has 0 saturated carbocycles. The summed E-state index contributed by atoms with van der Waals surface area (Å²) in [5, 5.41) is 8.86. The number of pyridine rings is 1. The largest absolute Gasteiger partial charge is 0.478 e. The van der Waals surface area contributed by atoms with Crippen LogP contribution in [0.15, 0.2) is 12.3 Å². The molecule has 0 saturated heterocycles. The third-order valence-electron chi connectivity index (χ3n) is 2.14. The lowest BCUT2D eigenvalue weighted by Gasteiger charge is -2.10. The molecule has 6 heteroatoms. The summed E-state index contributed by atoms with van der Waals surface area (Å²) in [4.78, 5) is 16.8. The second-order valence-corrected chi connectivity index (χ2v) is 3.92. The zero-order valence-electron chi connectivity index (χ0n) is 10.0. The molecule has 0 spiro atoms. The average molecular weight is 239 g/mol. The molecule has 0 radical (unpaired) electrons. The van der Waals surface area contributed by atoms with Crippen molar-refractivity contribution < 1.29 is 14.6 Å². The number of hydrogen-bond donors (Lipinski definition) is 2. The van der Waals surface area contributed by atoms with Crippen LogP contribution in [0.25, 0.3) is 0 Å². The summed E-state index contributed by atoms with van der Waals surface area (Å²) in [6, 6.07) is 1.34. The Kier molecular flexibility index (Phi) is 4.71. The number of carboxylic acid groups (broad SMARTS) is 1. The highest BCUT2D eigenvalue weighted by molar-refractivity contribution is 5.93. The van der Waals surface area contributed by atoms with E-state index >= 15 is 0 Å². The van der Waals surface area contributed by atoms with Gasteiger partial charge in [0.05, 0.1) is 24.1 Å². The van der Waals surface area contributed by atoms with Gasteiger partial charge in [0.25, 0.3) is 0 Å². The Morgan fingerprint density at radius 3 is 2.88 bits per heavy atom. The van der Waals surface area contributed by atoms with Crippen LogP contribution in [0, 0.1) is 0 Å². The van der Waals surface area contributed by atoms with Gasteiger partial charge in [-0.05, 0) is 20.5 Å². The zero-order chi connectivity index (χ0) is 12.8. The van der Waals surface area contributed by atoms with Crippen LogP contribution in [-0.4, -0.2) is 48.2 Å². The number of aromatic nitrogens is 1. The van der Waals surface area contributed by atoms with E-state index in [1.165, 1.54) is 12.3 Å². The van der Waals surface area contributed by atoms with Crippen LogP contribution in [-0.2, 0) is 0 Å². The normalized spacial score (nSPS) is 10.5. The van der Waals surface area contributed by atoms with Gasteiger partial charge in [-0.1, -0.05) is 0 Å². The van der Waals surface area contributed by atoms with Gasteiger partial charge in [-0.25, -0.2) is 9.78 Å². The molecule has 1 rings (SSSR count). The van der Waals surface area contributed by atoms with Gasteiger partial charge in [-0.3, -0.25) is 0 Å². The molecular formula is C11H17N3O3. The van der Waals surface area contributed by atoms with E-state index in [0.717, 1.165) is 13.0 Å². The first kappa shape index (κ1) is 13.2. The van der Waals surface area contributed by atoms with Crippen LogP contribution in [0.5, 0.6) is 5.88 Å². The van der Waals surface area contributed by atoms with Crippen molar-refractivity contribution in [2.75, 3.05) is 33.0 Å². The predicted molar refractivity (Wildman–Crippen MR) is 64.3 cm³/mol. The standard InChI is InChI=1S/C11H17N3O3/c1-14(2)4-3-5-17-10-6-8(11(15)16)9(12)7-13-10/h6-7H,3-5,12H2,1-2H3,(H,15,16). The Balaban J connectivity index is 2.54. The highest BCUT2D eigenvalue weighted by atomic mass is 16.5. The molecule has 0 amide bonds. The van der Waals surface area contributed by atoms with Crippen LogP contribution < -0.4 is 10.5 Å². The number of ether oxygens (including phenoxy) is 1. The number of nitrogens with zero attached hydrogens (tertiary/aromatic N) is 2. The number of anilines is 1. The second kappa shape index (κ2) is 6.05. The molecule has 17 heavy (non-hydrogen) atoms. The molecule has 0 atom stereocenters. The smallest absolute Gasteiger partial charge is 0.338 e. The summed E-state index contributed by atoms with van der Waals surface area (Å²) in [6.07, 6.45) is 2.15. The predicted octanol–water partition coefficient (Wildman–Crippen LogP) is 0.692. The van der Waals surface area contributed by atoms with Crippen LogP contribution in [0.4, 0.5) is 5.69 Å². The molecule has 3 N–H and O–H groups in total. The Bertz CT molecular complexity index is 394. The molecule has 0 fully saturated rings. The lowest BCUT2D eigenvalue weighted by Crippen LogP contribution is -2.15. The fourth-order valence-electron chi connectivity index (χ4n) is 1.27. The lowest BCUT2D eigenvalue weighted by atomic mass is 10.2. The molecule has 1 aromatic rings. The molecule has 94 valence electrons. The third kappa shape index (κ3) is 4.28. The number of nitrogens with two attached hydrogens (primary N) is 1. The summed E-state index contributed by atoms with van der Waals surface area (Å²) < 4.78 is 5.35. The Morgan fingerprint density at radius 1 is 1.59 bits per heavy atom. The first-order valence-corrected chi connectivity index (χ1v) is 5.27. The van der Waals surface area contributed by atoms with Gasteiger partial charge in [0.15, 0.2) is 0 Å². The van der Waals surface area contributed by atoms with Crippen molar-refractivity contribution in [1.82, 2.24) is 9.88 Å². The van der Waals surface area contributed by atoms with E-state index < -0.39 is 5.97 Å². The van der Waals surface area contributed by atoms with Gasteiger partial charge in [0.1, 0.15) is 0 Å². The zero-order valence-corrected chi connectivity index (χ0v) is 10.0. The summed E-state index contributed by atoms with van der Waals surface area (Å²) in [5.74, 6) is -0.793. The summed E-state index contributed by atoms with van der Waals surface area (Å²) in [7, 11) is 3.95. The Hall–Kier alpha value is -1.82. The van der Waals surface area contributed by atoms with Gasteiger partial charge in [-0.2, -0.15) is 0 Å². The van der Waals surface area contributed by atoms with Crippen LogP contribution in [0.2, 0.25) is 0 Å². The van der Waals surface area contributed by atoms with Crippen molar-refractivity contribution in [1.29, 1.82) is 0 Å². The summed E-state index contributed by atoms with van der Waals surface area (Å²) in [5.41, 5.74) is 5.63. The van der Waals surface area contributed by atoms with Crippen molar-refractivity contribution in [2.24, 2.45) is 0 Å².